The number of ether oxygens (including phenoxy) is 1. The SMILES string of the molecule is CC(=O)OC1CCC(C)C1=O.[H-].[Na+]. The van der Waals surface area contributed by atoms with Crippen molar-refractivity contribution in [3.63, 3.8) is 0 Å². The maximum Gasteiger partial charge on any atom is 1.00 e. The van der Waals surface area contributed by atoms with Crippen LogP contribution in [0, 0.1) is 5.92 Å². The molecule has 64 valence electrons. The maximum absolute atomic E-state index is 11.2. The van der Waals surface area contributed by atoms with Gasteiger partial charge < -0.3 is 6.16 Å². The number of Topliss-reactive ketones (excluding diaryl/α,β-unsaturated/α-hetero) is 1. The van der Waals surface area contributed by atoms with E-state index < -0.39 is 6.10 Å². The van der Waals surface area contributed by atoms with Crippen molar-refractivity contribution in [1.82, 2.24) is 0 Å². The molecular weight excluding hydrogens is 167 g/mol. The number of rotatable bonds is 1. The van der Waals surface area contributed by atoms with Gasteiger partial charge in [-0.25, -0.2) is 0 Å². The third-order valence-electron chi connectivity index (χ3n) is 1.97. The Morgan fingerprint density at radius 1 is 1.58 bits per heavy atom. The molecule has 0 spiro atoms. The minimum Gasteiger partial charge on any atom is -1.00 e. The van der Waals surface area contributed by atoms with Crippen molar-refractivity contribution in [1.29, 1.82) is 0 Å². The van der Waals surface area contributed by atoms with Crippen LogP contribution in [0.3, 0.4) is 0 Å². The van der Waals surface area contributed by atoms with Gasteiger partial charge in [-0.15, -0.1) is 0 Å². The van der Waals surface area contributed by atoms with Crippen molar-refractivity contribution < 1.29 is 45.3 Å². The van der Waals surface area contributed by atoms with Crippen LogP contribution in [0.25, 0.3) is 0 Å². The molecule has 0 aromatic carbocycles. The molecule has 0 saturated heterocycles. The van der Waals surface area contributed by atoms with Crippen LogP contribution >= 0.6 is 0 Å². The fourth-order valence-electron chi connectivity index (χ4n) is 1.32. The van der Waals surface area contributed by atoms with Gasteiger partial charge in [-0.2, -0.15) is 0 Å². The normalized spacial score (nSPS) is 28.0. The molecule has 1 fully saturated rings. The molecule has 12 heavy (non-hydrogen) atoms. The summed E-state index contributed by atoms with van der Waals surface area (Å²) in [5.74, 6) is -0.225. The summed E-state index contributed by atoms with van der Waals surface area (Å²) < 4.78 is 4.81. The number of ketones is 1. The van der Waals surface area contributed by atoms with E-state index in [4.69, 9.17) is 4.74 Å². The molecule has 3 nitrogen and oxygen atoms in total. The monoisotopic (exact) mass is 180 g/mol. The molecule has 0 N–H and O–H groups in total. The molecule has 1 aliphatic carbocycles. The van der Waals surface area contributed by atoms with Gasteiger partial charge in [-0.05, 0) is 12.8 Å². The second-order valence-electron chi connectivity index (χ2n) is 2.98. The Morgan fingerprint density at radius 3 is 2.50 bits per heavy atom. The van der Waals surface area contributed by atoms with Gasteiger partial charge in [0.05, 0.1) is 0 Å². The summed E-state index contributed by atoms with van der Waals surface area (Å²) in [5, 5.41) is 0. The Morgan fingerprint density at radius 2 is 2.17 bits per heavy atom. The molecule has 0 heterocycles. The summed E-state index contributed by atoms with van der Waals surface area (Å²) in [5.41, 5.74) is 0. The molecule has 2 atom stereocenters. The zero-order valence-electron chi connectivity index (χ0n) is 8.79. The van der Waals surface area contributed by atoms with Crippen LogP contribution in [0.5, 0.6) is 0 Å². The van der Waals surface area contributed by atoms with Crippen molar-refractivity contribution in [3.05, 3.63) is 0 Å². The van der Waals surface area contributed by atoms with E-state index in [9.17, 15) is 9.59 Å². The van der Waals surface area contributed by atoms with E-state index >= 15 is 0 Å². The Kier molecular flexibility index (Phi) is 5.06. The van der Waals surface area contributed by atoms with Gasteiger partial charge in [0.1, 0.15) is 0 Å². The van der Waals surface area contributed by atoms with Crippen LogP contribution in [0.15, 0.2) is 0 Å². The summed E-state index contributed by atoms with van der Waals surface area (Å²) in [6.07, 6.45) is 1.08. The molecular formula is C8H13NaO3. The van der Waals surface area contributed by atoms with Crippen LogP contribution in [-0.2, 0) is 14.3 Å². The first kappa shape index (κ1) is 12.1. The molecule has 0 aliphatic heterocycles. The Labute approximate surface area is 95.6 Å². The molecule has 0 aromatic heterocycles. The molecule has 0 aromatic rings. The third-order valence-corrected chi connectivity index (χ3v) is 1.97. The average molecular weight is 180 g/mol. The van der Waals surface area contributed by atoms with E-state index in [1.165, 1.54) is 6.92 Å². The smallest absolute Gasteiger partial charge is 1.00 e. The van der Waals surface area contributed by atoms with E-state index in [2.05, 4.69) is 0 Å². The van der Waals surface area contributed by atoms with Gasteiger partial charge in [-0.3, -0.25) is 9.59 Å². The summed E-state index contributed by atoms with van der Waals surface area (Å²) >= 11 is 0. The van der Waals surface area contributed by atoms with Crippen LogP contribution < -0.4 is 29.6 Å². The first-order chi connectivity index (χ1) is 5.11. The third kappa shape index (κ3) is 2.88. The molecule has 2 unspecified atom stereocenters. The Balaban J connectivity index is 0. The van der Waals surface area contributed by atoms with E-state index in [0.29, 0.717) is 6.42 Å². The number of carbonyl (C=O) groups is 2. The predicted molar refractivity (Wildman–Crippen MR) is 40.1 cm³/mol. The second kappa shape index (κ2) is 5.00. The number of hydrogen-bond donors (Lipinski definition) is 0. The van der Waals surface area contributed by atoms with Crippen LogP contribution in [0.2, 0.25) is 0 Å². The summed E-state index contributed by atoms with van der Waals surface area (Å²) in [6, 6.07) is 0. The maximum atomic E-state index is 11.2. The molecule has 1 rings (SSSR count). The molecule has 0 bridgehead atoms. The largest absolute Gasteiger partial charge is 1.00 e. The van der Waals surface area contributed by atoms with E-state index in [1.807, 2.05) is 6.92 Å². The van der Waals surface area contributed by atoms with E-state index in [0.717, 1.165) is 6.42 Å². The molecule has 1 saturated carbocycles. The zero-order valence-corrected chi connectivity index (χ0v) is 9.79. The summed E-state index contributed by atoms with van der Waals surface area (Å²) in [6.45, 7) is 3.20. The van der Waals surface area contributed by atoms with Gasteiger partial charge in [-0.1, -0.05) is 6.92 Å². The van der Waals surface area contributed by atoms with Crippen molar-refractivity contribution in [2.75, 3.05) is 0 Å². The van der Waals surface area contributed by atoms with Gasteiger partial charge in [0.15, 0.2) is 11.9 Å². The Hall–Kier alpha value is 0.140. The van der Waals surface area contributed by atoms with Gasteiger partial charge in [0.25, 0.3) is 0 Å². The van der Waals surface area contributed by atoms with E-state index in [1.54, 1.807) is 0 Å². The average Bonchev–Trinajstić information content (AvgIpc) is 2.18. The number of esters is 1. The van der Waals surface area contributed by atoms with Crippen molar-refractivity contribution in [3.8, 4) is 0 Å². The van der Waals surface area contributed by atoms with E-state index in [-0.39, 0.29) is 48.7 Å². The second-order valence-corrected chi connectivity index (χ2v) is 2.98. The minimum atomic E-state index is -0.456. The van der Waals surface area contributed by atoms with Crippen LogP contribution in [0.1, 0.15) is 28.1 Å². The first-order valence-electron chi connectivity index (χ1n) is 3.82. The zero-order chi connectivity index (χ0) is 8.43. The quantitative estimate of drug-likeness (QED) is 0.347. The minimum absolute atomic E-state index is 0. The number of carbonyl (C=O) groups excluding carboxylic acids is 2. The molecule has 1 aliphatic rings. The fraction of sp³-hybridized carbons (Fsp3) is 0.750. The summed E-state index contributed by atoms with van der Waals surface area (Å²) in [7, 11) is 0. The van der Waals surface area contributed by atoms with Crippen molar-refractivity contribution >= 4 is 11.8 Å². The van der Waals surface area contributed by atoms with Gasteiger partial charge in [0, 0.05) is 12.8 Å². The predicted octanol–water partition coefficient (Wildman–Crippen LogP) is -1.97. The topological polar surface area (TPSA) is 43.4 Å². The first-order valence-corrected chi connectivity index (χ1v) is 3.82. The Bertz CT molecular complexity index is 196. The molecule has 0 amide bonds. The molecule has 0 radical (unpaired) electrons. The van der Waals surface area contributed by atoms with Gasteiger partial charge in [0.2, 0.25) is 0 Å². The van der Waals surface area contributed by atoms with Crippen molar-refractivity contribution in [2.24, 2.45) is 5.92 Å². The number of hydrogen-bond acceptors (Lipinski definition) is 3. The van der Waals surface area contributed by atoms with Crippen LogP contribution in [0.4, 0.5) is 0 Å². The molecule has 4 heteroatoms. The standard InChI is InChI=1S/C8H12O3.Na.H/c1-5-3-4-7(8(5)10)11-6(2)9;;/h5,7H,3-4H2,1-2H3;;/q;+1;-1. The van der Waals surface area contributed by atoms with Crippen LogP contribution in [-0.4, -0.2) is 17.9 Å². The van der Waals surface area contributed by atoms with Gasteiger partial charge >= 0.3 is 35.5 Å². The summed E-state index contributed by atoms with van der Waals surface area (Å²) in [4.78, 5) is 21.6. The van der Waals surface area contributed by atoms with Crippen molar-refractivity contribution in [2.45, 2.75) is 32.8 Å². The fourth-order valence-corrected chi connectivity index (χ4v) is 1.32.